The largest absolute Gasteiger partial charge is 0.377 e. The molecule has 0 aliphatic carbocycles. The Balaban J connectivity index is 2.26. The third-order valence-corrected chi connectivity index (χ3v) is 3.41. The molecule has 0 spiro atoms. The maximum Gasteiger partial charge on any atom is 0.232 e. The Bertz CT molecular complexity index is 437. The molecule has 1 aromatic heterocycles. The third kappa shape index (κ3) is 3.47. The summed E-state index contributed by atoms with van der Waals surface area (Å²) in [6.45, 7) is 10.3. The molecule has 1 fully saturated rings. The number of ether oxygens (including phenoxy) is 1. The zero-order chi connectivity index (χ0) is 14.5. The molecule has 1 aromatic rings. The third-order valence-electron chi connectivity index (χ3n) is 3.41. The van der Waals surface area contributed by atoms with E-state index >= 15 is 0 Å². The quantitative estimate of drug-likeness (QED) is 0.878. The summed E-state index contributed by atoms with van der Waals surface area (Å²) in [5.41, 5.74) is 5.84. The standard InChI is InChI=1S/C13H24N6O/c1-4-18(5-2)12-15-11(14)16-13(17-12)19-7-6-8-20-10(3)9-19/h10H,4-9H2,1-3H3,(H2,14,15,16,17). The van der Waals surface area contributed by atoms with Crippen molar-refractivity contribution in [1.82, 2.24) is 15.0 Å². The Labute approximate surface area is 120 Å². The van der Waals surface area contributed by atoms with Gasteiger partial charge >= 0.3 is 0 Å². The van der Waals surface area contributed by atoms with Gasteiger partial charge in [-0.2, -0.15) is 15.0 Å². The van der Waals surface area contributed by atoms with Gasteiger partial charge < -0.3 is 20.3 Å². The smallest absolute Gasteiger partial charge is 0.232 e. The Kier molecular flexibility index (Phi) is 4.94. The average Bonchev–Trinajstić information content (AvgIpc) is 2.64. The normalized spacial score (nSPS) is 19.8. The van der Waals surface area contributed by atoms with Crippen LogP contribution in [-0.4, -0.2) is 53.8 Å². The van der Waals surface area contributed by atoms with Crippen molar-refractivity contribution in [3.63, 3.8) is 0 Å². The van der Waals surface area contributed by atoms with Crippen molar-refractivity contribution in [3.05, 3.63) is 0 Å². The zero-order valence-corrected chi connectivity index (χ0v) is 12.5. The fraction of sp³-hybridized carbons (Fsp3) is 0.769. The van der Waals surface area contributed by atoms with E-state index in [2.05, 4.69) is 45.5 Å². The fourth-order valence-electron chi connectivity index (χ4n) is 2.33. The Morgan fingerprint density at radius 1 is 1.30 bits per heavy atom. The SMILES string of the molecule is CCN(CC)c1nc(N)nc(N2CCCOC(C)C2)n1. The highest BCUT2D eigenvalue weighted by atomic mass is 16.5. The molecule has 20 heavy (non-hydrogen) atoms. The molecule has 0 radical (unpaired) electrons. The summed E-state index contributed by atoms with van der Waals surface area (Å²) in [6, 6.07) is 0. The molecular formula is C13H24N6O. The molecule has 7 nitrogen and oxygen atoms in total. The first-order valence-electron chi connectivity index (χ1n) is 7.27. The molecule has 0 bridgehead atoms. The molecule has 112 valence electrons. The summed E-state index contributed by atoms with van der Waals surface area (Å²) in [4.78, 5) is 17.3. The van der Waals surface area contributed by atoms with Gasteiger partial charge in [0.25, 0.3) is 0 Å². The van der Waals surface area contributed by atoms with Crippen molar-refractivity contribution in [2.75, 3.05) is 48.3 Å². The molecule has 2 heterocycles. The molecule has 0 saturated carbocycles. The fourth-order valence-corrected chi connectivity index (χ4v) is 2.33. The van der Waals surface area contributed by atoms with Gasteiger partial charge in [-0.05, 0) is 27.2 Å². The molecule has 1 aliphatic rings. The molecule has 0 amide bonds. The van der Waals surface area contributed by atoms with Gasteiger partial charge in [0, 0.05) is 32.8 Å². The van der Waals surface area contributed by atoms with Gasteiger partial charge in [-0.3, -0.25) is 0 Å². The van der Waals surface area contributed by atoms with Gasteiger partial charge in [-0.15, -0.1) is 0 Å². The van der Waals surface area contributed by atoms with E-state index in [4.69, 9.17) is 10.5 Å². The molecule has 2 N–H and O–H groups in total. The minimum atomic E-state index is 0.174. The number of nitrogens with zero attached hydrogens (tertiary/aromatic N) is 5. The lowest BCUT2D eigenvalue weighted by Crippen LogP contribution is -2.33. The summed E-state index contributed by atoms with van der Waals surface area (Å²) in [6.07, 6.45) is 1.14. The minimum absolute atomic E-state index is 0.174. The maximum absolute atomic E-state index is 5.84. The first kappa shape index (κ1) is 14.8. The predicted molar refractivity (Wildman–Crippen MR) is 80.0 cm³/mol. The van der Waals surface area contributed by atoms with Crippen molar-refractivity contribution in [3.8, 4) is 0 Å². The summed E-state index contributed by atoms with van der Waals surface area (Å²) < 4.78 is 5.65. The molecule has 1 atom stereocenters. The summed E-state index contributed by atoms with van der Waals surface area (Å²) in [5, 5.41) is 0. The van der Waals surface area contributed by atoms with E-state index in [1.165, 1.54) is 0 Å². The van der Waals surface area contributed by atoms with Crippen molar-refractivity contribution in [1.29, 1.82) is 0 Å². The van der Waals surface area contributed by atoms with Gasteiger partial charge in [-0.25, -0.2) is 0 Å². The van der Waals surface area contributed by atoms with Crippen LogP contribution in [0.1, 0.15) is 27.2 Å². The van der Waals surface area contributed by atoms with Gasteiger partial charge in [0.1, 0.15) is 0 Å². The molecule has 0 aromatic carbocycles. The molecule has 1 unspecified atom stereocenters. The monoisotopic (exact) mass is 280 g/mol. The molecule has 1 aliphatic heterocycles. The second-order valence-electron chi connectivity index (χ2n) is 4.95. The van der Waals surface area contributed by atoms with Crippen LogP contribution in [0.3, 0.4) is 0 Å². The van der Waals surface area contributed by atoms with Crippen molar-refractivity contribution >= 4 is 17.8 Å². The number of nitrogen functional groups attached to an aromatic ring is 1. The minimum Gasteiger partial charge on any atom is -0.377 e. The lowest BCUT2D eigenvalue weighted by Gasteiger charge is -2.24. The lowest BCUT2D eigenvalue weighted by molar-refractivity contribution is 0.0820. The Hall–Kier alpha value is -1.63. The van der Waals surface area contributed by atoms with Crippen LogP contribution in [-0.2, 0) is 4.74 Å². The molecule has 7 heteroatoms. The van der Waals surface area contributed by atoms with Gasteiger partial charge in [0.2, 0.25) is 17.8 Å². The summed E-state index contributed by atoms with van der Waals surface area (Å²) in [5.74, 6) is 1.57. The molecule has 1 saturated heterocycles. The van der Waals surface area contributed by atoms with Crippen molar-refractivity contribution in [2.24, 2.45) is 0 Å². The van der Waals surface area contributed by atoms with E-state index < -0.39 is 0 Å². The van der Waals surface area contributed by atoms with E-state index in [1.54, 1.807) is 0 Å². The van der Waals surface area contributed by atoms with Gasteiger partial charge in [0.15, 0.2) is 0 Å². The maximum atomic E-state index is 5.84. The second kappa shape index (κ2) is 6.69. The average molecular weight is 280 g/mol. The highest BCUT2D eigenvalue weighted by Gasteiger charge is 2.19. The first-order valence-corrected chi connectivity index (χ1v) is 7.27. The van der Waals surface area contributed by atoms with Crippen LogP contribution in [0.15, 0.2) is 0 Å². The van der Waals surface area contributed by atoms with Crippen LogP contribution in [0, 0.1) is 0 Å². The lowest BCUT2D eigenvalue weighted by atomic mass is 10.3. The van der Waals surface area contributed by atoms with E-state index in [0.29, 0.717) is 11.9 Å². The predicted octanol–water partition coefficient (Wildman–Crippen LogP) is 0.915. The zero-order valence-electron chi connectivity index (χ0n) is 12.5. The van der Waals surface area contributed by atoms with E-state index in [-0.39, 0.29) is 12.1 Å². The van der Waals surface area contributed by atoms with Crippen molar-refractivity contribution in [2.45, 2.75) is 33.3 Å². The number of hydrogen-bond donors (Lipinski definition) is 1. The van der Waals surface area contributed by atoms with Crippen LogP contribution in [0.2, 0.25) is 0 Å². The van der Waals surface area contributed by atoms with Crippen LogP contribution in [0.25, 0.3) is 0 Å². The number of hydrogen-bond acceptors (Lipinski definition) is 7. The van der Waals surface area contributed by atoms with E-state index in [1.807, 2.05) is 0 Å². The van der Waals surface area contributed by atoms with Gasteiger partial charge in [-0.1, -0.05) is 0 Å². The van der Waals surface area contributed by atoms with Crippen LogP contribution in [0.5, 0.6) is 0 Å². The highest BCUT2D eigenvalue weighted by molar-refractivity contribution is 5.43. The molecular weight excluding hydrogens is 256 g/mol. The van der Waals surface area contributed by atoms with Gasteiger partial charge in [0.05, 0.1) is 6.10 Å². The Morgan fingerprint density at radius 3 is 2.75 bits per heavy atom. The number of anilines is 3. The van der Waals surface area contributed by atoms with Crippen LogP contribution >= 0.6 is 0 Å². The van der Waals surface area contributed by atoms with Crippen LogP contribution in [0.4, 0.5) is 17.8 Å². The number of aromatic nitrogens is 3. The molecule has 2 rings (SSSR count). The van der Waals surface area contributed by atoms with E-state index in [0.717, 1.165) is 39.2 Å². The summed E-state index contributed by atoms with van der Waals surface area (Å²) in [7, 11) is 0. The highest BCUT2D eigenvalue weighted by Crippen LogP contribution is 2.17. The number of rotatable bonds is 4. The Morgan fingerprint density at radius 2 is 2.05 bits per heavy atom. The van der Waals surface area contributed by atoms with E-state index in [9.17, 15) is 0 Å². The second-order valence-corrected chi connectivity index (χ2v) is 4.95. The summed E-state index contributed by atoms with van der Waals surface area (Å²) >= 11 is 0. The first-order chi connectivity index (χ1) is 9.63. The topological polar surface area (TPSA) is 80.4 Å². The van der Waals surface area contributed by atoms with Crippen molar-refractivity contribution < 1.29 is 4.74 Å². The number of nitrogens with two attached hydrogens (primary N) is 1. The van der Waals surface area contributed by atoms with Crippen LogP contribution < -0.4 is 15.5 Å².